The second-order valence-electron chi connectivity index (χ2n) is 8.37. The predicted molar refractivity (Wildman–Crippen MR) is 101 cm³/mol. The molecule has 0 aliphatic heterocycles. The van der Waals surface area contributed by atoms with Crippen LogP contribution in [0.15, 0.2) is 9.95 Å². The number of fused-ring (bicyclic) bond motifs is 2. The molecule has 0 saturated heterocycles. The number of amides is 1. The molecular formula is C19H29N3O2S. The third kappa shape index (κ3) is 3.03. The Morgan fingerprint density at radius 2 is 2.12 bits per heavy atom. The number of carbonyl (C=O) groups excluding carboxylic acids is 1. The summed E-state index contributed by atoms with van der Waals surface area (Å²) < 4.78 is 0. The van der Waals surface area contributed by atoms with E-state index in [1.54, 1.807) is 0 Å². The minimum absolute atomic E-state index is 0.0438. The number of carbonyl (C=O) groups is 1. The van der Waals surface area contributed by atoms with Gasteiger partial charge in [-0.3, -0.25) is 9.59 Å². The second kappa shape index (κ2) is 6.45. The van der Waals surface area contributed by atoms with E-state index in [2.05, 4.69) is 36.1 Å². The van der Waals surface area contributed by atoms with Gasteiger partial charge in [-0.25, -0.2) is 4.98 Å². The van der Waals surface area contributed by atoms with Gasteiger partial charge in [-0.15, -0.1) is 0 Å². The van der Waals surface area contributed by atoms with Crippen LogP contribution < -0.4 is 10.9 Å². The molecule has 3 atom stereocenters. The Kier molecular flexibility index (Phi) is 4.77. The quantitative estimate of drug-likeness (QED) is 0.623. The maximum atomic E-state index is 12.5. The Balaban J connectivity index is 1.63. The van der Waals surface area contributed by atoms with Crippen LogP contribution >= 0.6 is 11.8 Å². The molecule has 2 aliphatic rings. The molecule has 0 radical (unpaired) electrons. The summed E-state index contributed by atoms with van der Waals surface area (Å²) in [6.07, 6.45) is 6.19. The average molecular weight is 364 g/mol. The smallest absolute Gasteiger partial charge is 0.254 e. The number of nitrogens with one attached hydrogen (secondary N) is 2. The second-order valence-corrected chi connectivity index (χ2v) is 9.16. The zero-order valence-corrected chi connectivity index (χ0v) is 16.7. The van der Waals surface area contributed by atoms with E-state index in [1.165, 1.54) is 24.6 Å². The Morgan fingerprint density at radius 3 is 2.64 bits per heavy atom. The summed E-state index contributed by atoms with van der Waals surface area (Å²) in [5, 5.41) is 3.88. The van der Waals surface area contributed by atoms with E-state index >= 15 is 0 Å². The van der Waals surface area contributed by atoms with E-state index in [1.807, 2.05) is 13.2 Å². The van der Waals surface area contributed by atoms with Crippen molar-refractivity contribution in [1.82, 2.24) is 15.3 Å². The van der Waals surface area contributed by atoms with Crippen LogP contribution in [0.1, 0.15) is 57.7 Å². The van der Waals surface area contributed by atoms with Gasteiger partial charge in [0.1, 0.15) is 0 Å². The van der Waals surface area contributed by atoms with Crippen molar-refractivity contribution in [3.8, 4) is 0 Å². The normalized spacial score (nSPS) is 29.8. The van der Waals surface area contributed by atoms with Gasteiger partial charge in [-0.05, 0) is 55.6 Å². The number of aromatic nitrogens is 2. The van der Waals surface area contributed by atoms with E-state index < -0.39 is 0 Å². The van der Waals surface area contributed by atoms with Gasteiger partial charge in [0, 0.05) is 23.7 Å². The molecule has 5 nitrogen and oxygen atoms in total. The van der Waals surface area contributed by atoms with Gasteiger partial charge in [0.25, 0.3) is 5.56 Å². The fourth-order valence-corrected chi connectivity index (χ4v) is 5.33. The monoisotopic (exact) mass is 363 g/mol. The lowest BCUT2D eigenvalue weighted by molar-refractivity contribution is -0.122. The van der Waals surface area contributed by atoms with E-state index in [0.717, 1.165) is 6.42 Å². The van der Waals surface area contributed by atoms with Gasteiger partial charge in [0.05, 0.1) is 0 Å². The number of thioether (sulfide) groups is 1. The maximum Gasteiger partial charge on any atom is 0.254 e. The minimum atomic E-state index is -0.127. The number of aromatic amines is 1. The zero-order valence-electron chi connectivity index (χ0n) is 15.9. The third-order valence-electron chi connectivity index (χ3n) is 7.13. The lowest BCUT2D eigenvalue weighted by Gasteiger charge is -2.39. The van der Waals surface area contributed by atoms with Crippen LogP contribution in [0.2, 0.25) is 0 Å². The molecule has 6 heteroatoms. The van der Waals surface area contributed by atoms with Crippen LogP contribution in [0.4, 0.5) is 0 Å². The molecule has 1 aromatic heterocycles. The summed E-state index contributed by atoms with van der Waals surface area (Å²) in [5.74, 6) is 0.749. The summed E-state index contributed by atoms with van der Waals surface area (Å²) in [5.41, 5.74) is 1.68. The van der Waals surface area contributed by atoms with E-state index in [4.69, 9.17) is 0 Å². The number of nitrogens with zero attached hydrogens (tertiary/aromatic N) is 1. The van der Waals surface area contributed by atoms with Gasteiger partial charge >= 0.3 is 0 Å². The molecule has 2 bridgehead atoms. The topological polar surface area (TPSA) is 74.8 Å². The average Bonchev–Trinajstić information content (AvgIpc) is 2.87. The zero-order chi connectivity index (χ0) is 18.4. The van der Waals surface area contributed by atoms with Crippen LogP contribution in [-0.4, -0.2) is 28.2 Å². The number of hydrogen-bond donors (Lipinski definition) is 2. The Morgan fingerprint density at radius 1 is 1.40 bits per heavy atom. The molecule has 138 valence electrons. The Bertz CT molecular complexity index is 743. The number of rotatable bonds is 5. The van der Waals surface area contributed by atoms with E-state index in [0.29, 0.717) is 35.2 Å². The Hall–Kier alpha value is -1.30. The van der Waals surface area contributed by atoms with Gasteiger partial charge in [0.15, 0.2) is 5.16 Å². The first-order valence-corrected chi connectivity index (χ1v) is 10.3. The lowest BCUT2D eigenvalue weighted by atomic mass is 9.69. The molecule has 2 saturated carbocycles. The van der Waals surface area contributed by atoms with E-state index in [9.17, 15) is 9.59 Å². The first-order chi connectivity index (χ1) is 11.7. The molecule has 2 fully saturated rings. The summed E-state index contributed by atoms with van der Waals surface area (Å²) >= 11 is 1.41. The summed E-state index contributed by atoms with van der Waals surface area (Å²) in [6.45, 7) is 8.85. The maximum absolute atomic E-state index is 12.5. The molecule has 3 rings (SSSR count). The van der Waals surface area contributed by atoms with Crippen molar-refractivity contribution in [3.05, 3.63) is 21.6 Å². The Labute approximate surface area is 153 Å². The van der Waals surface area contributed by atoms with Gasteiger partial charge in [-0.2, -0.15) is 0 Å². The first kappa shape index (κ1) is 18.5. The largest absolute Gasteiger partial charge is 0.353 e. The molecule has 2 aliphatic carbocycles. The molecule has 1 amide bonds. The first-order valence-electron chi connectivity index (χ1n) is 9.12. The standard InChI is InChI=1S/C19H29N3O2S/c1-11-13(16(24)22-17(20-11)25-5)6-7-15(23)21-14-10-12-8-9-19(14,4)18(12,2)3/h12,14H,6-10H2,1-5H3,(H,21,23)(H,20,22,24). The lowest BCUT2D eigenvalue weighted by Crippen LogP contribution is -2.47. The molecule has 25 heavy (non-hydrogen) atoms. The van der Waals surface area contributed by atoms with Crippen molar-refractivity contribution < 1.29 is 4.79 Å². The summed E-state index contributed by atoms with van der Waals surface area (Å²) in [7, 11) is 0. The highest BCUT2D eigenvalue weighted by Crippen LogP contribution is 2.65. The number of hydrogen-bond acceptors (Lipinski definition) is 4. The summed E-state index contributed by atoms with van der Waals surface area (Å²) in [6, 6.07) is 0.255. The van der Waals surface area contributed by atoms with Crippen LogP contribution in [0.3, 0.4) is 0 Å². The summed E-state index contributed by atoms with van der Waals surface area (Å²) in [4.78, 5) is 31.8. The number of H-pyrrole nitrogens is 1. The molecule has 2 N–H and O–H groups in total. The van der Waals surface area contributed by atoms with Crippen molar-refractivity contribution in [3.63, 3.8) is 0 Å². The van der Waals surface area contributed by atoms with Crippen LogP contribution in [-0.2, 0) is 11.2 Å². The van der Waals surface area contributed by atoms with Gasteiger partial charge in [-0.1, -0.05) is 32.5 Å². The third-order valence-corrected chi connectivity index (χ3v) is 7.71. The van der Waals surface area contributed by atoms with Crippen LogP contribution in [0.5, 0.6) is 0 Å². The minimum Gasteiger partial charge on any atom is -0.353 e. The molecule has 3 unspecified atom stereocenters. The fourth-order valence-electron chi connectivity index (χ4n) is 4.90. The van der Waals surface area contributed by atoms with E-state index in [-0.39, 0.29) is 28.3 Å². The highest BCUT2D eigenvalue weighted by molar-refractivity contribution is 7.98. The predicted octanol–water partition coefficient (Wildman–Crippen LogP) is 3.06. The highest BCUT2D eigenvalue weighted by Gasteiger charge is 2.61. The number of aryl methyl sites for hydroxylation is 1. The SMILES string of the molecule is CSc1nc(C)c(CCC(=O)NC2CC3CCC2(C)C3(C)C)c(=O)[nH]1. The molecule has 1 heterocycles. The van der Waals surface area contributed by atoms with Crippen molar-refractivity contribution in [2.45, 2.75) is 71.0 Å². The van der Waals surface area contributed by atoms with Gasteiger partial charge in [0.2, 0.25) is 5.91 Å². The molecule has 0 aromatic carbocycles. The van der Waals surface area contributed by atoms with Gasteiger partial charge < -0.3 is 10.3 Å². The van der Waals surface area contributed by atoms with Crippen molar-refractivity contribution >= 4 is 17.7 Å². The molecular weight excluding hydrogens is 334 g/mol. The highest BCUT2D eigenvalue weighted by atomic mass is 32.2. The van der Waals surface area contributed by atoms with Crippen LogP contribution in [0.25, 0.3) is 0 Å². The molecule has 0 spiro atoms. The van der Waals surface area contributed by atoms with Crippen molar-refractivity contribution in [2.75, 3.05) is 6.26 Å². The van der Waals surface area contributed by atoms with Crippen molar-refractivity contribution in [2.24, 2.45) is 16.7 Å². The fraction of sp³-hybridized carbons (Fsp3) is 0.737. The van der Waals surface area contributed by atoms with Crippen molar-refractivity contribution in [1.29, 1.82) is 0 Å². The molecule has 1 aromatic rings. The van der Waals surface area contributed by atoms with Crippen LogP contribution in [0, 0.1) is 23.7 Å².